The number of thioether (sulfide) groups is 1. The predicted molar refractivity (Wildman–Crippen MR) is 68.5 cm³/mol. The molecule has 0 spiro atoms. The lowest BCUT2D eigenvalue weighted by atomic mass is 10.4. The monoisotopic (exact) mass is 281 g/mol. The van der Waals surface area contributed by atoms with Crippen molar-refractivity contribution in [3.8, 4) is 0 Å². The molecule has 9 heteroatoms. The second-order valence-electron chi connectivity index (χ2n) is 2.86. The minimum Gasteiger partial charge on any atom is -0.368 e. The molecule has 0 radical (unpaired) electrons. The van der Waals surface area contributed by atoms with Crippen LogP contribution in [0.5, 0.6) is 0 Å². The van der Waals surface area contributed by atoms with E-state index < -0.39 is 18.1 Å². The molecule has 17 heavy (non-hydrogen) atoms. The summed E-state index contributed by atoms with van der Waals surface area (Å²) in [5, 5.41) is 3.43. The van der Waals surface area contributed by atoms with Gasteiger partial charge in [-0.15, -0.1) is 0 Å². The Bertz CT molecular complexity index is 286. The highest BCUT2D eigenvalue weighted by molar-refractivity contribution is 7.99. The van der Waals surface area contributed by atoms with Crippen LogP contribution in [0.2, 0.25) is 0 Å². The molecular weight excluding hydrogens is 266 g/mol. The van der Waals surface area contributed by atoms with Gasteiger partial charge in [-0.1, -0.05) is 5.16 Å². The average molecular weight is 281 g/mol. The van der Waals surface area contributed by atoms with Gasteiger partial charge in [-0.3, -0.25) is 4.84 Å². The van der Waals surface area contributed by atoms with Gasteiger partial charge in [0.25, 0.3) is 0 Å². The lowest BCUT2D eigenvalue weighted by Crippen LogP contribution is -2.29. The molecule has 0 unspecified atom stereocenters. The normalized spacial score (nSPS) is 12.2. The molecule has 7 nitrogen and oxygen atoms in total. The van der Waals surface area contributed by atoms with E-state index in [0.29, 0.717) is 18.0 Å². The molecule has 0 aromatic heterocycles. The topological polar surface area (TPSA) is 94.2 Å². The van der Waals surface area contributed by atoms with Crippen LogP contribution in [0.15, 0.2) is 5.16 Å². The number of amides is 1. The molecule has 0 aliphatic heterocycles. The molecule has 0 aliphatic rings. The number of hydrogen-bond donors (Lipinski definition) is 1. The van der Waals surface area contributed by atoms with E-state index in [1.807, 2.05) is 6.26 Å². The molecular formula is C8H15N3O4S2. The lowest BCUT2D eigenvalue weighted by Gasteiger charge is -2.12. The molecule has 0 aromatic carbocycles. The molecule has 2 N–H and O–H groups in total. The van der Waals surface area contributed by atoms with Gasteiger partial charge in [0.05, 0.1) is 6.21 Å². The fourth-order valence-corrected chi connectivity index (χ4v) is 1.08. The zero-order chi connectivity index (χ0) is 13.3. The molecule has 0 fully saturated rings. The van der Waals surface area contributed by atoms with Crippen LogP contribution in [0.4, 0.5) is 4.79 Å². The highest BCUT2D eigenvalue weighted by Gasteiger charge is 2.16. The number of carbonyl (C=O) groups is 2. The van der Waals surface area contributed by atoms with Crippen LogP contribution in [0.3, 0.4) is 0 Å². The third kappa shape index (κ3) is 7.88. The fraction of sp³-hybridized carbons (Fsp3) is 0.625. The Labute approximate surface area is 108 Å². The Morgan fingerprint density at radius 2 is 2.24 bits per heavy atom. The van der Waals surface area contributed by atoms with E-state index in [-0.39, 0.29) is 0 Å². The second-order valence-corrected chi connectivity index (χ2v) is 4.64. The summed E-state index contributed by atoms with van der Waals surface area (Å²) in [6.07, 6.45) is 2.60. The minimum atomic E-state index is -0.746. The molecule has 0 saturated heterocycles. The summed E-state index contributed by atoms with van der Waals surface area (Å²) in [6.45, 7) is 1.48. The Morgan fingerprint density at radius 1 is 1.59 bits per heavy atom. The quantitative estimate of drug-likeness (QED) is 0.254. The van der Waals surface area contributed by atoms with Crippen molar-refractivity contribution in [2.24, 2.45) is 10.9 Å². The molecule has 1 amide bonds. The fourth-order valence-electron chi connectivity index (χ4n) is 0.444. The first-order chi connectivity index (χ1) is 7.99. The summed E-state index contributed by atoms with van der Waals surface area (Å²) in [6, 6.07) is -0.744. The van der Waals surface area contributed by atoms with Crippen LogP contribution >= 0.6 is 24.0 Å². The summed E-state index contributed by atoms with van der Waals surface area (Å²) in [5.41, 5.74) is 5.26. The maximum atomic E-state index is 11.2. The van der Waals surface area contributed by atoms with E-state index in [4.69, 9.17) is 5.73 Å². The average Bonchev–Trinajstić information content (AvgIpc) is 2.30. The van der Waals surface area contributed by atoms with E-state index >= 15 is 0 Å². The van der Waals surface area contributed by atoms with Crippen LogP contribution in [0.25, 0.3) is 0 Å². The predicted octanol–water partition coefficient (Wildman–Crippen LogP) is 0.857. The third-order valence-electron chi connectivity index (χ3n) is 1.31. The van der Waals surface area contributed by atoms with Gasteiger partial charge in [-0.05, 0) is 13.2 Å². The number of nitrogens with zero attached hydrogens (tertiary/aromatic N) is 2. The summed E-state index contributed by atoms with van der Waals surface area (Å²) in [7, 11) is 1.38. The lowest BCUT2D eigenvalue weighted by molar-refractivity contribution is -0.134. The van der Waals surface area contributed by atoms with E-state index in [0.717, 1.165) is 4.31 Å². The van der Waals surface area contributed by atoms with Crippen molar-refractivity contribution in [3.63, 3.8) is 0 Å². The highest BCUT2D eigenvalue weighted by Crippen LogP contribution is 2.11. The highest BCUT2D eigenvalue weighted by atomic mass is 32.2. The van der Waals surface area contributed by atoms with Gasteiger partial charge in [0, 0.05) is 12.8 Å². The number of hydrogen-bond acceptors (Lipinski definition) is 8. The molecule has 98 valence electrons. The number of carbonyl (C=O) groups excluding carboxylic acids is 2. The van der Waals surface area contributed by atoms with Crippen molar-refractivity contribution in [1.82, 2.24) is 4.31 Å². The smallest absolute Gasteiger partial charge is 0.368 e. The van der Waals surface area contributed by atoms with Gasteiger partial charge >= 0.3 is 12.1 Å². The van der Waals surface area contributed by atoms with Gasteiger partial charge < -0.3 is 9.92 Å². The summed E-state index contributed by atoms with van der Waals surface area (Å²) < 4.78 is 5.62. The summed E-state index contributed by atoms with van der Waals surface area (Å²) in [4.78, 5) is 26.7. The molecule has 0 saturated carbocycles. The Balaban J connectivity index is 3.86. The van der Waals surface area contributed by atoms with E-state index in [9.17, 15) is 9.59 Å². The zero-order valence-corrected chi connectivity index (χ0v) is 11.4. The second kappa shape index (κ2) is 9.14. The van der Waals surface area contributed by atoms with Crippen LogP contribution < -0.4 is 5.73 Å². The third-order valence-corrected chi connectivity index (χ3v) is 2.40. The van der Waals surface area contributed by atoms with E-state index in [1.54, 1.807) is 0 Å². The molecule has 0 rings (SSSR count). The van der Waals surface area contributed by atoms with Crippen LogP contribution in [0.1, 0.15) is 6.92 Å². The largest absolute Gasteiger partial charge is 0.448 e. The number of oxime groups is 1. The molecule has 0 aromatic rings. The summed E-state index contributed by atoms with van der Waals surface area (Å²) in [5.74, 6) is 0.0182. The molecule has 0 bridgehead atoms. The van der Waals surface area contributed by atoms with Crippen molar-refractivity contribution in [1.29, 1.82) is 0 Å². The van der Waals surface area contributed by atoms with Gasteiger partial charge in [-0.25, -0.2) is 13.9 Å². The van der Waals surface area contributed by atoms with Gasteiger partial charge in [-0.2, -0.15) is 11.8 Å². The minimum absolute atomic E-state index is 0.535. The van der Waals surface area contributed by atoms with E-state index in [2.05, 4.69) is 14.2 Å². The maximum Gasteiger partial charge on any atom is 0.448 e. The van der Waals surface area contributed by atoms with Crippen molar-refractivity contribution in [2.45, 2.75) is 13.0 Å². The molecule has 1 atom stereocenters. The van der Waals surface area contributed by atoms with Crippen molar-refractivity contribution in [3.05, 3.63) is 0 Å². The van der Waals surface area contributed by atoms with Crippen molar-refractivity contribution < 1.29 is 18.6 Å². The van der Waals surface area contributed by atoms with Gasteiger partial charge in [0.15, 0.2) is 12.2 Å². The van der Waals surface area contributed by atoms with Crippen molar-refractivity contribution in [2.75, 3.05) is 19.1 Å². The standard InChI is InChI=1S/C8H15N3O4S2/c1-6(9)7(12)15-17-11(2)8(13)14-10-4-5-16-3/h4,6H,5,9H2,1-3H3/t6-/m0/s1. The van der Waals surface area contributed by atoms with E-state index in [1.165, 1.54) is 31.9 Å². The Kier molecular flexibility index (Phi) is 8.64. The number of rotatable bonds is 6. The van der Waals surface area contributed by atoms with Gasteiger partial charge in [0.2, 0.25) is 0 Å². The van der Waals surface area contributed by atoms with Crippen LogP contribution in [-0.2, 0) is 13.8 Å². The first kappa shape index (κ1) is 16.1. The Morgan fingerprint density at radius 3 is 2.76 bits per heavy atom. The Hall–Kier alpha value is -0.930. The first-order valence-corrected chi connectivity index (χ1v) is 6.67. The summed E-state index contributed by atoms with van der Waals surface area (Å²) >= 11 is 2.07. The maximum absolute atomic E-state index is 11.2. The van der Waals surface area contributed by atoms with Crippen LogP contribution in [0, 0.1) is 0 Å². The molecule has 0 heterocycles. The first-order valence-electron chi connectivity index (χ1n) is 4.58. The zero-order valence-electron chi connectivity index (χ0n) is 9.78. The van der Waals surface area contributed by atoms with Crippen molar-refractivity contribution >= 4 is 42.3 Å². The molecule has 0 aliphatic carbocycles. The van der Waals surface area contributed by atoms with Crippen LogP contribution in [-0.4, -0.2) is 47.7 Å². The number of nitrogens with two attached hydrogens (primary N) is 1. The SMILES string of the molecule is CSCC=NOC(=O)N(C)SOC(=O)[C@H](C)N. The van der Waals surface area contributed by atoms with Gasteiger partial charge in [0.1, 0.15) is 6.04 Å².